The van der Waals surface area contributed by atoms with Crippen LogP contribution in [0, 0.1) is 0 Å². The monoisotopic (exact) mass is 597 g/mol. The van der Waals surface area contributed by atoms with Gasteiger partial charge < -0.3 is 9.44 Å². The molecule has 0 amide bonds. The van der Waals surface area contributed by atoms with E-state index in [0.29, 0.717) is 18.4 Å². The van der Waals surface area contributed by atoms with Crippen LogP contribution in [0.3, 0.4) is 0 Å². The Hall–Kier alpha value is -1.22. The first-order valence-electron chi connectivity index (χ1n) is 12.6. The molecule has 0 fully saturated rings. The van der Waals surface area contributed by atoms with Crippen LogP contribution in [0.25, 0.3) is 0 Å². The van der Waals surface area contributed by atoms with Gasteiger partial charge in [-0.15, -0.1) is 0 Å². The number of unbranched alkanes of at least 4 members (excludes halogenated alkanes) is 12. The lowest BCUT2D eigenvalue weighted by Crippen LogP contribution is -2.57. The molecular weight excluding hydrogens is 562 g/mol. The lowest BCUT2D eigenvalue weighted by molar-refractivity contribution is -0.777. The fourth-order valence-electron chi connectivity index (χ4n) is 3.71. The van der Waals surface area contributed by atoms with Gasteiger partial charge in [-0.3, -0.25) is 5.04 Å². The molecule has 14 heteroatoms. The van der Waals surface area contributed by atoms with Crippen LogP contribution in [0.15, 0.2) is 24.3 Å². The summed E-state index contributed by atoms with van der Waals surface area (Å²) in [6.07, 6.45) is 15.4. The van der Waals surface area contributed by atoms with Crippen molar-refractivity contribution in [3.63, 3.8) is 0 Å². The maximum Gasteiger partial charge on any atom is 0.450 e. The van der Waals surface area contributed by atoms with E-state index in [0.717, 1.165) is 37.8 Å². The van der Waals surface area contributed by atoms with Crippen molar-refractivity contribution in [2.75, 3.05) is 0 Å². The molecule has 38 heavy (non-hydrogen) atoms. The van der Waals surface area contributed by atoms with Gasteiger partial charge >= 0.3 is 26.5 Å². The molecule has 0 atom stereocenters. The number of benzene rings is 1. The van der Waals surface area contributed by atoms with E-state index in [1.807, 2.05) is 0 Å². The normalized spacial score (nSPS) is 13.2. The van der Waals surface area contributed by atoms with Crippen molar-refractivity contribution in [2.45, 2.75) is 113 Å². The van der Waals surface area contributed by atoms with Gasteiger partial charge in [0, 0.05) is 0 Å². The molecule has 0 aliphatic rings. The molecule has 0 aliphatic carbocycles. The van der Waals surface area contributed by atoms with Crippen LogP contribution in [0.1, 0.15) is 96.0 Å². The molecule has 1 rings (SSSR count). The molecular formula is C24H35F6O6S2-. The number of alkyl halides is 6. The van der Waals surface area contributed by atoms with Gasteiger partial charge in [-0.1, -0.05) is 96.1 Å². The quantitative estimate of drug-likeness (QED) is 0.0338. The number of aryl methyl sites for hydroxylation is 1. The summed E-state index contributed by atoms with van der Waals surface area (Å²) >= 11 is -1.76. The zero-order chi connectivity index (χ0) is 28.7. The van der Waals surface area contributed by atoms with Crippen molar-refractivity contribution < 1.29 is 53.6 Å². The second kappa shape index (κ2) is 16.8. The van der Waals surface area contributed by atoms with Crippen molar-refractivity contribution in [1.82, 2.24) is 0 Å². The molecule has 0 unspecified atom stereocenters. The highest BCUT2D eigenvalue weighted by Gasteiger charge is 2.79. The molecule has 222 valence electrons. The van der Waals surface area contributed by atoms with Crippen LogP contribution >= 0.6 is 12.0 Å². The van der Waals surface area contributed by atoms with E-state index in [-0.39, 0.29) is 0 Å². The van der Waals surface area contributed by atoms with E-state index >= 15 is 0 Å². The summed E-state index contributed by atoms with van der Waals surface area (Å²) in [6, 6.07) is 4.81. The molecule has 0 heterocycles. The Morgan fingerprint density at radius 1 is 0.816 bits per heavy atom. The predicted molar refractivity (Wildman–Crippen MR) is 130 cm³/mol. The Kier molecular flexibility index (Phi) is 15.4. The Morgan fingerprint density at radius 2 is 1.32 bits per heavy atom. The lowest BCUT2D eigenvalue weighted by atomic mass is 10.0. The topological polar surface area (TPSA) is 84.9 Å². The van der Waals surface area contributed by atoms with Crippen molar-refractivity contribution in [1.29, 1.82) is 0 Å². The first-order valence-corrected chi connectivity index (χ1v) is 14.8. The highest BCUT2D eigenvalue weighted by Crippen LogP contribution is 2.53. The van der Waals surface area contributed by atoms with E-state index < -0.39 is 44.3 Å². The van der Waals surface area contributed by atoms with Crippen LogP contribution in [-0.4, -0.2) is 24.8 Å². The minimum Gasteiger partial charge on any atom is -0.691 e. The maximum atomic E-state index is 14.0. The van der Waals surface area contributed by atoms with E-state index in [9.17, 15) is 40.0 Å². The molecule has 0 saturated carbocycles. The van der Waals surface area contributed by atoms with Crippen LogP contribution in [0.5, 0.6) is 5.75 Å². The summed E-state index contributed by atoms with van der Waals surface area (Å²) in [6.45, 7) is 2.19. The van der Waals surface area contributed by atoms with Crippen molar-refractivity contribution in [3.05, 3.63) is 29.8 Å². The molecule has 0 N–H and O–H groups in total. The van der Waals surface area contributed by atoms with Crippen LogP contribution in [-0.2, 0) is 25.9 Å². The van der Waals surface area contributed by atoms with Gasteiger partial charge in [-0.2, -0.15) is 39.1 Å². The van der Waals surface area contributed by atoms with E-state index in [1.54, 1.807) is 6.07 Å². The maximum absolute atomic E-state index is 14.0. The summed E-state index contributed by atoms with van der Waals surface area (Å²) < 4.78 is 113. The number of hydrogen-bond acceptors (Lipinski definition) is 7. The smallest absolute Gasteiger partial charge is 0.450 e. The molecule has 0 saturated heterocycles. The largest absolute Gasteiger partial charge is 0.691 e. The van der Waals surface area contributed by atoms with Crippen LogP contribution < -0.4 is 9.44 Å². The minimum atomic E-state index is -6.60. The first kappa shape index (κ1) is 34.8. The Morgan fingerprint density at radius 3 is 1.82 bits per heavy atom. The highest BCUT2D eigenvalue weighted by molar-refractivity contribution is 7.95. The zero-order valence-corrected chi connectivity index (χ0v) is 22.9. The number of halogens is 6. The Bertz CT molecular complexity index is 902. The number of rotatable bonds is 22. The van der Waals surface area contributed by atoms with Crippen molar-refractivity contribution in [2.24, 2.45) is 0 Å². The van der Waals surface area contributed by atoms with Gasteiger partial charge in [0.05, 0.1) is 0 Å². The van der Waals surface area contributed by atoms with Gasteiger partial charge in [0.2, 0.25) is 0 Å². The molecule has 0 spiro atoms. The molecule has 6 nitrogen and oxygen atoms in total. The summed E-state index contributed by atoms with van der Waals surface area (Å²) in [7, 11) is -6.60. The summed E-state index contributed by atoms with van der Waals surface area (Å²) in [5.74, 6) is -7.25. The third-order valence-electron chi connectivity index (χ3n) is 5.88. The third kappa shape index (κ3) is 10.7. The highest BCUT2D eigenvalue weighted by atomic mass is 32.2. The Balaban J connectivity index is 2.50. The Labute approximate surface area is 224 Å². The predicted octanol–water partition coefficient (Wildman–Crippen LogP) is 7.72. The second-order valence-corrected chi connectivity index (χ2v) is 11.4. The van der Waals surface area contributed by atoms with Crippen molar-refractivity contribution in [3.8, 4) is 5.75 Å². The van der Waals surface area contributed by atoms with Gasteiger partial charge in [-0.05, 0) is 30.5 Å². The van der Waals surface area contributed by atoms with Gasteiger partial charge in [0.15, 0.2) is 0 Å². The molecule has 1 aromatic rings. The van der Waals surface area contributed by atoms with Gasteiger partial charge in [-0.25, -0.2) is 0 Å². The fraction of sp³-hybridized carbons (Fsp3) is 0.750. The molecule has 0 bridgehead atoms. The molecule has 0 aliphatic heterocycles. The van der Waals surface area contributed by atoms with Gasteiger partial charge in [0.25, 0.3) is 0 Å². The molecule has 0 aromatic heterocycles. The standard InChI is InChI=1S/C24H36F6O6S2/c1-2-3-4-5-6-7-8-9-10-11-12-13-14-16-20-17-15-18-21(19-20)34-38(32,33)24(29,30)22(25,26)23(27,28)37-36-35-31/h15,17-19,31H,2-14,16H2,1H3/p-1. The molecule has 1 aromatic carbocycles. The molecule has 0 radical (unpaired) electrons. The third-order valence-corrected chi connectivity index (χ3v) is 7.77. The summed E-state index contributed by atoms with van der Waals surface area (Å²) in [5.41, 5.74) is 0.498. The summed E-state index contributed by atoms with van der Waals surface area (Å²) in [4.78, 5) is 0. The van der Waals surface area contributed by atoms with E-state index in [1.165, 1.54) is 57.4 Å². The van der Waals surface area contributed by atoms with Gasteiger partial charge in [0.1, 0.15) is 17.8 Å². The van der Waals surface area contributed by atoms with Crippen LogP contribution in [0.2, 0.25) is 0 Å². The SMILES string of the molecule is CCCCCCCCCCCCCCCc1cccc(OS(=O)(=O)C(F)(F)C(F)(F)C(F)(F)SOO[O-])c1. The van der Waals surface area contributed by atoms with Crippen molar-refractivity contribution >= 4 is 22.2 Å². The van der Waals surface area contributed by atoms with Crippen LogP contribution in [0.4, 0.5) is 26.3 Å². The minimum absolute atomic E-state index is 0.447. The van der Waals surface area contributed by atoms with E-state index in [4.69, 9.17) is 0 Å². The number of hydrogen-bond donors (Lipinski definition) is 0. The average molecular weight is 598 g/mol. The zero-order valence-electron chi connectivity index (χ0n) is 21.2. The lowest BCUT2D eigenvalue weighted by Gasteiger charge is -2.30. The second-order valence-electron chi connectivity index (χ2n) is 9.00. The summed E-state index contributed by atoms with van der Waals surface area (Å²) in [5, 5.41) is -0.213. The van der Waals surface area contributed by atoms with E-state index in [2.05, 4.69) is 20.5 Å². The first-order chi connectivity index (χ1) is 17.8. The average Bonchev–Trinajstić information content (AvgIpc) is 2.85. The fourth-order valence-corrected chi connectivity index (χ4v) is 5.03.